The van der Waals surface area contributed by atoms with Gasteiger partial charge in [0.05, 0.1) is 12.1 Å². The fraction of sp³-hybridized carbons (Fsp3) is 0.400. The molecule has 0 spiro atoms. The number of nitrogens with one attached hydrogen (secondary N) is 1. The van der Waals surface area contributed by atoms with Gasteiger partial charge in [0.2, 0.25) is 5.91 Å². The van der Waals surface area contributed by atoms with Crippen LogP contribution in [0.3, 0.4) is 0 Å². The summed E-state index contributed by atoms with van der Waals surface area (Å²) in [4.78, 5) is 22.0. The zero-order valence-corrected chi connectivity index (χ0v) is 13.2. The Kier molecular flexibility index (Phi) is 5.91. The van der Waals surface area contributed by atoms with E-state index in [0.29, 0.717) is 10.8 Å². The quantitative estimate of drug-likeness (QED) is 0.902. The Labute approximate surface area is 134 Å². The summed E-state index contributed by atoms with van der Waals surface area (Å²) >= 11 is 5.92. The Balaban J connectivity index is 0.000000545. The van der Waals surface area contributed by atoms with Gasteiger partial charge in [-0.1, -0.05) is 11.6 Å². The number of benzene rings is 1. The van der Waals surface area contributed by atoms with Crippen molar-refractivity contribution in [3.8, 4) is 0 Å². The number of hydrogen-bond acceptors (Lipinski definition) is 5. The first kappa shape index (κ1) is 16.5. The lowest BCUT2D eigenvalue weighted by Gasteiger charge is -2.30. The number of fused-ring (bicyclic) bond motifs is 1. The summed E-state index contributed by atoms with van der Waals surface area (Å²) in [6.07, 6.45) is 2.57. The molecule has 1 fully saturated rings. The molecule has 2 aromatic rings. The molecule has 0 saturated carbocycles. The van der Waals surface area contributed by atoms with E-state index in [1.54, 1.807) is 19.1 Å². The molecular weight excluding hydrogens is 304 g/mol. The van der Waals surface area contributed by atoms with Crippen molar-refractivity contribution in [1.29, 1.82) is 0 Å². The highest BCUT2D eigenvalue weighted by atomic mass is 35.5. The monoisotopic (exact) mass is 322 g/mol. The molecule has 118 valence electrons. The van der Waals surface area contributed by atoms with Crippen LogP contribution in [0.4, 0.5) is 5.82 Å². The topological polar surface area (TPSA) is 78.3 Å². The summed E-state index contributed by atoms with van der Waals surface area (Å²) in [5.41, 5.74) is 0.765. The number of aliphatic hydroxyl groups is 1. The summed E-state index contributed by atoms with van der Waals surface area (Å²) in [6, 6.07) is 5.42. The average molecular weight is 323 g/mol. The van der Waals surface area contributed by atoms with E-state index in [1.165, 1.54) is 6.33 Å². The molecule has 1 aromatic heterocycles. The molecule has 7 heteroatoms. The molecule has 0 bridgehead atoms. The van der Waals surface area contributed by atoms with Crippen LogP contribution in [0.1, 0.15) is 13.3 Å². The van der Waals surface area contributed by atoms with Gasteiger partial charge in [-0.3, -0.25) is 4.79 Å². The Morgan fingerprint density at radius 1 is 1.41 bits per heavy atom. The maximum atomic E-state index is 11.8. The molecular formula is C15H19ClN4O2. The SMILES string of the molecule is CCO.O=C(CNc1ncnc2cc(Cl)ccc12)N1CCC1. The van der Waals surface area contributed by atoms with Crippen LogP contribution in [0.25, 0.3) is 10.9 Å². The molecule has 2 N–H and O–H groups in total. The van der Waals surface area contributed by atoms with Gasteiger partial charge in [0.1, 0.15) is 12.1 Å². The molecule has 1 aliphatic heterocycles. The Morgan fingerprint density at radius 2 is 2.14 bits per heavy atom. The van der Waals surface area contributed by atoms with E-state index in [1.807, 2.05) is 11.0 Å². The third-order valence-corrected chi connectivity index (χ3v) is 3.45. The van der Waals surface area contributed by atoms with Crippen LogP contribution in [0, 0.1) is 0 Å². The molecule has 0 unspecified atom stereocenters. The Hall–Kier alpha value is -1.92. The van der Waals surface area contributed by atoms with Gasteiger partial charge in [-0.05, 0) is 31.5 Å². The van der Waals surface area contributed by atoms with Gasteiger partial charge in [0.25, 0.3) is 0 Å². The minimum Gasteiger partial charge on any atom is -0.397 e. The number of aliphatic hydroxyl groups excluding tert-OH is 1. The lowest BCUT2D eigenvalue weighted by atomic mass is 10.2. The zero-order chi connectivity index (χ0) is 15.9. The molecule has 2 heterocycles. The summed E-state index contributed by atoms with van der Waals surface area (Å²) in [5.74, 6) is 0.766. The normalized spacial score (nSPS) is 13.1. The molecule has 22 heavy (non-hydrogen) atoms. The summed E-state index contributed by atoms with van der Waals surface area (Å²) in [5, 5.41) is 12.1. The molecule has 1 amide bonds. The van der Waals surface area contributed by atoms with Gasteiger partial charge in [0.15, 0.2) is 0 Å². The second-order valence-corrected chi connectivity index (χ2v) is 5.22. The molecule has 1 aromatic carbocycles. The van der Waals surface area contributed by atoms with Gasteiger partial charge in [0, 0.05) is 30.1 Å². The molecule has 1 saturated heterocycles. The van der Waals surface area contributed by atoms with E-state index in [-0.39, 0.29) is 19.1 Å². The van der Waals surface area contributed by atoms with Gasteiger partial charge in [-0.15, -0.1) is 0 Å². The van der Waals surface area contributed by atoms with Gasteiger partial charge >= 0.3 is 0 Å². The number of carbonyl (C=O) groups excluding carboxylic acids is 1. The zero-order valence-electron chi connectivity index (χ0n) is 12.4. The van der Waals surface area contributed by atoms with Crippen molar-refractivity contribution in [2.24, 2.45) is 0 Å². The maximum absolute atomic E-state index is 11.8. The number of carbonyl (C=O) groups is 1. The van der Waals surface area contributed by atoms with E-state index in [9.17, 15) is 4.79 Å². The van der Waals surface area contributed by atoms with Crippen LogP contribution >= 0.6 is 11.6 Å². The first-order chi connectivity index (χ1) is 10.7. The van der Waals surface area contributed by atoms with E-state index in [4.69, 9.17) is 16.7 Å². The number of anilines is 1. The summed E-state index contributed by atoms with van der Waals surface area (Å²) in [7, 11) is 0. The van der Waals surface area contributed by atoms with E-state index in [0.717, 1.165) is 30.4 Å². The Bertz CT molecular complexity index is 646. The lowest BCUT2D eigenvalue weighted by Crippen LogP contribution is -2.44. The van der Waals surface area contributed by atoms with Crippen molar-refractivity contribution >= 4 is 34.2 Å². The first-order valence-corrected chi connectivity index (χ1v) is 7.56. The first-order valence-electron chi connectivity index (χ1n) is 7.18. The predicted octanol–water partition coefficient (Wildman–Crippen LogP) is 1.93. The Morgan fingerprint density at radius 3 is 2.77 bits per heavy atom. The second-order valence-electron chi connectivity index (χ2n) is 4.79. The van der Waals surface area contributed by atoms with E-state index in [2.05, 4.69) is 15.3 Å². The fourth-order valence-electron chi connectivity index (χ4n) is 2.01. The molecule has 0 atom stereocenters. The highest BCUT2D eigenvalue weighted by Crippen LogP contribution is 2.22. The second kappa shape index (κ2) is 7.91. The third kappa shape index (κ3) is 4.05. The van der Waals surface area contributed by atoms with Crippen LogP contribution in [0.15, 0.2) is 24.5 Å². The summed E-state index contributed by atoms with van der Waals surface area (Å²) < 4.78 is 0. The van der Waals surface area contributed by atoms with Crippen molar-refractivity contribution in [3.63, 3.8) is 0 Å². The number of nitrogens with zero attached hydrogens (tertiary/aromatic N) is 3. The lowest BCUT2D eigenvalue weighted by molar-refractivity contribution is -0.132. The van der Waals surface area contributed by atoms with Crippen molar-refractivity contribution in [1.82, 2.24) is 14.9 Å². The third-order valence-electron chi connectivity index (χ3n) is 3.21. The standard InChI is InChI=1S/C13H13ClN4O.C2H6O/c14-9-2-3-10-11(6-9)16-8-17-13(10)15-7-12(19)18-4-1-5-18;1-2-3/h2-3,6,8H,1,4-5,7H2,(H,15,16,17);3H,2H2,1H3. The molecule has 1 aliphatic rings. The number of rotatable bonds is 3. The number of likely N-dealkylation sites (tertiary alicyclic amines) is 1. The van der Waals surface area contributed by atoms with E-state index < -0.39 is 0 Å². The minimum absolute atomic E-state index is 0.104. The van der Waals surface area contributed by atoms with Crippen LogP contribution in [0.5, 0.6) is 0 Å². The maximum Gasteiger partial charge on any atom is 0.241 e. The molecule has 6 nitrogen and oxygen atoms in total. The van der Waals surface area contributed by atoms with Crippen LogP contribution < -0.4 is 5.32 Å². The number of halogens is 1. The van der Waals surface area contributed by atoms with Crippen molar-refractivity contribution < 1.29 is 9.90 Å². The van der Waals surface area contributed by atoms with Crippen LogP contribution in [0.2, 0.25) is 5.02 Å². The van der Waals surface area contributed by atoms with Gasteiger partial charge < -0.3 is 15.3 Å². The predicted molar refractivity (Wildman–Crippen MR) is 87.0 cm³/mol. The van der Waals surface area contributed by atoms with Crippen molar-refractivity contribution in [2.75, 3.05) is 31.6 Å². The van der Waals surface area contributed by atoms with Crippen LogP contribution in [-0.2, 0) is 4.79 Å². The van der Waals surface area contributed by atoms with Crippen molar-refractivity contribution in [2.45, 2.75) is 13.3 Å². The molecule has 0 radical (unpaired) electrons. The van der Waals surface area contributed by atoms with Gasteiger partial charge in [-0.2, -0.15) is 0 Å². The molecule has 3 rings (SSSR count). The average Bonchev–Trinajstić information content (AvgIpc) is 2.43. The number of amides is 1. The summed E-state index contributed by atoms with van der Waals surface area (Å²) in [6.45, 7) is 3.91. The van der Waals surface area contributed by atoms with Gasteiger partial charge in [-0.25, -0.2) is 9.97 Å². The van der Waals surface area contributed by atoms with Crippen LogP contribution in [-0.4, -0.2) is 52.1 Å². The highest BCUT2D eigenvalue weighted by molar-refractivity contribution is 6.31. The minimum atomic E-state index is 0.104. The largest absolute Gasteiger partial charge is 0.397 e. The van der Waals surface area contributed by atoms with E-state index >= 15 is 0 Å². The number of aromatic nitrogens is 2. The van der Waals surface area contributed by atoms with Crippen molar-refractivity contribution in [3.05, 3.63) is 29.5 Å². The fourth-order valence-corrected chi connectivity index (χ4v) is 2.17. The molecule has 0 aliphatic carbocycles. The smallest absolute Gasteiger partial charge is 0.241 e. The highest BCUT2D eigenvalue weighted by Gasteiger charge is 2.19. The number of hydrogen-bond donors (Lipinski definition) is 2.